The van der Waals surface area contributed by atoms with Gasteiger partial charge in [0.2, 0.25) is 0 Å². The lowest BCUT2D eigenvalue weighted by molar-refractivity contribution is -0.116. The highest BCUT2D eigenvalue weighted by atomic mass is 16.2. The molecule has 0 bridgehead atoms. The van der Waals surface area contributed by atoms with Crippen LogP contribution in [0, 0.1) is 11.3 Å². The van der Waals surface area contributed by atoms with Crippen LogP contribution in [0.1, 0.15) is 34.0 Å². The monoisotopic (exact) mass is 451 g/mol. The Kier molecular flexibility index (Phi) is 6.46. The van der Waals surface area contributed by atoms with Gasteiger partial charge in [-0.1, -0.05) is 42.5 Å². The molecule has 8 heteroatoms. The molecule has 0 aliphatic rings. The summed E-state index contributed by atoms with van der Waals surface area (Å²) in [5.41, 5.74) is 3.67. The predicted octanol–water partition coefficient (Wildman–Crippen LogP) is 3.16. The molecule has 0 atom stereocenters. The summed E-state index contributed by atoms with van der Waals surface area (Å²) in [6.07, 6.45) is 2.93. The summed E-state index contributed by atoms with van der Waals surface area (Å²) in [5.74, 6) is -0.0801. The van der Waals surface area contributed by atoms with Crippen LogP contribution in [0.25, 0.3) is 16.9 Å². The molecule has 0 saturated carbocycles. The van der Waals surface area contributed by atoms with E-state index in [0.717, 1.165) is 16.7 Å². The van der Waals surface area contributed by atoms with Crippen molar-refractivity contribution in [2.75, 3.05) is 0 Å². The molecule has 8 nitrogen and oxygen atoms in total. The van der Waals surface area contributed by atoms with Crippen LogP contribution in [0.15, 0.2) is 77.9 Å². The number of hydrogen-bond donors (Lipinski definition) is 2. The highest BCUT2D eigenvalue weighted by Gasteiger charge is 2.12. The molecule has 4 aromatic rings. The molecule has 0 unspecified atom stereocenters. The second kappa shape index (κ2) is 9.79. The Labute approximate surface area is 195 Å². The van der Waals surface area contributed by atoms with Crippen molar-refractivity contribution in [1.82, 2.24) is 20.1 Å². The molecule has 34 heavy (non-hydrogen) atoms. The van der Waals surface area contributed by atoms with E-state index in [1.54, 1.807) is 18.2 Å². The van der Waals surface area contributed by atoms with E-state index in [1.807, 2.05) is 42.5 Å². The number of benzene rings is 2. The van der Waals surface area contributed by atoms with Crippen molar-refractivity contribution in [2.24, 2.45) is 0 Å². The van der Waals surface area contributed by atoms with Gasteiger partial charge in [-0.3, -0.25) is 19.5 Å². The maximum absolute atomic E-state index is 12.5. The molecule has 168 valence electrons. The molecule has 0 saturated heterocycles. The third kappa shape index (κ3) is 4.84. The Bertz CT molecular complexity index is 1440. The molecule has 2 aromatic carbocycles. The Morgan fingerprint density at radius 1 is 1.09 bits per heavy atom. The van der Waals surface area contributed by atoms with E-state index in [9.17, 15) is 19.6 Å². The number of carbonyl (C=O) groups is 2. The zero-order valence-corrected chi connectivity index (χ0v) is 18.4. The molecule has 0 aliphatic heterocycles. The van der Waals surface area contributed by atoms with E-state index >= 15 is 0 Å². The first-order chi connectivity index (χ1) is 16.5. The van der Waals surface area contributed by atoms with Gasteiger partial charge >= 0.3 is 0 Å². The number of hydrogen-bond acceptors (Lipinski definition) is 5. The van der Waals surface area contributed by atoms with Crippen LogP contribution < -0.4 is 10.9 Å². The lowest BCUT2D eigenvalue weighted by Gasteiger charge is -2.08. The predicted molar refractivity (Wildman–Crippen MR) is 126 cm³/mol. The number of rotatable bonds is 7. The molecule has 0 aliphatic carbocycles. The summed E-state index contributed by atoms with van der Waals surface area (Å²) in [7, 11) is 0. The van der Waals surface area contributed by atoms with Crippen LogP contribution in [0.3, 0.4) is 0 Å². The molecule has 2 N–H and O–H groups in total. The van der Waals surface area contributed by atoms with Crippen LogP contribution in [0.5, 0.6) is 0 Å². The fraction of sp³-hybridized carbons (Fsp3) is 0.115. The van der Waals surface area contributed by atoms with Gasteiger partial charge in [-0.05, 0) is 41.8 Å². The third-order valence-corrected chi connectivity index (χ3v) is 5.29. The molecule has 2 aromatic heterocycles. The number of amides is 1. The molecule has 0 radical (unpaired) electrons. The second-order valence-corrected chi connectivity index (χ2v) is 7.76. The summed E-state index contributed by atoms with van der Waals surface area (Å²) in [6, 6.07) is 20.4. The van der Waals surface area contributed by atoms with Gasteiger partial charge in [0.1, 0.15) is 5.78 Å². The van der Waals surface area contributed by atoms with Crippen LogP contribution >= 0.6 is 0 Å². The average Bonchev–Trinajstić information content (AvgIpc) is 3.22. The lowest BCUT2D eigenvalue weighted by Crippen LogP contribution is -2.23. The van der Waals surface area contributed by atoms with Crippen molar-refractivity contribution in [3.63, 3.8) is 0 Å². The minimum atomic E-state index is -0.347. The van der Waals surface area contributed by atoms with Crippen molar-refractivity contribution >= 4 is 11.7 Å². The number of nitrogens with one attached hydrogen (secondary N) is 2. The van der Waals surface area contributed by atoms with E-state index in [4.69, 9.17) is 0 Å². The maximum atomic E-state index is 12.5. The largest absolute Gasteiger partial charge is 0.348 e. The topological polar surface area (TPSA) is 121 Å². The first kappa shape index (κ1) is 22.4. The highest BCUT2D eigenvalue weighted by Crippen LogP contribution is 2.23. The van der Waals surface area contributed by atoms with Crippen LogP contribution in [0.4, 0.5) is 0 Å². The number of aromatic nitrogens is 3. The summed E-state index contributed by atoms with van der Waals surface area (Å²) >= 11 is 0. The molecule has 2 heterocycles. The number of carbonyl (C=O) groups excluding carboxylic acids is 2. The van der Waals surface area contributed by atoms with Gasteiger partial charge in [-0.25, -0.2) is 9.67 Å². The average molecular weight is 451 g/mol. The van der Waals surface area contributed by atoms with Crippen LogP contribution in [0.2, 0.25) is 0 Å². The number of Topliss-reactive ketones (excluding diaryl/α,β-unsaturated/α-hetero) is 1. The van der Waals surface area contributed by atoms with E-state index in [-0.39, 0.29) is 23.7 Å². The molecule has 4 rings (SSSR count). The van der Waals surface area contributed by atoms with Crippen molar-refractivity contribution in [3.05, 3.63) is 106 Å². The molecule has 0 spiro atoms. The van der Waals surface area contributed by atoms with Gasteiger partial charge in [-0.15, -0.1) is 0 Å². The van der Waals surface area contributed by atoms with Gasteiger partial charge in [0.25, 0.3) is 11.5 Å². The third-order valence-electron chi connectivity index (χ3n) is 5.29. The normalized spacial score (nSPS) is 10.5. The number of aromatic amines is 1. The molecular formula is C26H21N5O3. The highest BCUT2D eigenvalue weighted by molar-refractivity contribution is 5.93. The molecular weight excluding hydrogens is 430 g/mol. The van der Waals surface area contributed by atoms with E-state index < -0.39 is 0 Å². The van der Waals surface area contributed by atoms with Crippen molar-refractivity contribution < 1.29 is 9.59 Å². The van der Waals surface area contributed by atoms with E-state index in [1.165, 1.54) is 24.0 Å². The van der Waals surface area contributed by atoms with Crippen molar-refractivity contribution in [3.8, 4) is 23.0 Å². The molecule has 1 amide bonds. The van der Waals surface area contributed by atoms with Gasteiger partial charge in [-0.2, -0.15) is 5.26 Å². The first-order valence-corrected chi connectivity index (χ1v) is 10.6. The van der Waals surface area contributed by atoms with E-state index in [0.29, 0.717) is 29.1 Å². The van der Waals surface area contributed by atoms with Crippen molar-refractivity contribution in [1.29, 1.82) is 5.26 Å². The Morgan fingerprint density at radius 2 is 1.85 bits per heavy atom. The quantitative estimate of drug-likeness (QED) is 0.447. The minimum absolute atomic E-state index is 0.0502. The van der Waals surface area contributed by atoms with Crippen LogP contribution in [-0.4, -0.2) is 26.5 Å². The number of pyridine rings is 1. The summed E-state index contributed by atoms with van der Waals surface area (Å²) in [5, 5.41) is 14.9. The second-order valence-electron chi connectivity index (χ2n) is 7.76. The number of H-pyrrole nitrogens is 1. The van der Waals surface area contributed by atoms with Gasteiger partial charge in [0.15, 0.2) is 5.82 Å². The fourth-order valence-corrected chi connectivity index (χ4v) is 3.54. The first-order valence-electron chi connectivity index (χ1n) is 10.6. The summed E-state index contributed by atoms with van der Waals surface area (Å²) in [4.78, 5) is 40.4. The van der Waals surface area contributed by atoms with Gasteiger partial charge < -0.3 is 5.32 Å². The number of ketones is 1. The summed E-state index contributed by atoms with van der Waals surface area (Å²) in [6.45, 7) is 1.75. The number of nitriles is 1. The maximum Gasteiger partial charge on any atom is 0.276 e. The van der Waals surface area contributed by atoms with Crippen LogP contribution in [-0.2, 0) is 17.8 Å². The SMILES string of the molecule is CC(=O)Cc1c[nH]n(-c2ccc(C(=O)NCc3ccc(-c4ccccc4C#N)cc3)cn2)c1=O. The zero-order chi connectivity index (χ0) is 24.1. The fourth-order valence-electron chi connectivity index (χ4n) is 3.54. The number of nitrogens with zero attached hydrogens (tertiary/aromatic N) is 3. The van der Waals surface area contributed by atoms with Gasteiger partial charge in [0.05, 0.1) is 17.2 Å². The Balaban J connectivity index is 1.40. The van der Waals surface area contributed by atoms with E-state index in [2.05, 4.69) is 21.5 Å². The smallest absolute Gasteiger partial charge is 0.276 e. The minimum Gasteiger partial charge on any atom is -0.348 e. The lowest BCUT2D eigenvalue weighted by atomic mass is 9.99. The zero-order valence-electron chi connectivity index (χ0n) is 18.4. The standard InChI is InChI=1S/C26H21N5O3/c1-17(32)12-22-16-30-31(26(22)34)24-11-10-21(15-28-24)25(33)29-14-18-6-8-19(9-7-18)23-5-3-2-4-20(23)13-27/h2-11,15-16,30H,12,14H2,1H3,(H,29,33). The Morgan fingerprint density at radius 3 is 2.53 bits per heavy atom. The molecule has 0 fully saturated rings. The van der Waals surface area contributed by atoms with Crippen molar-refractivity contribution in [2.45, 2.75) is 19.9 Å². The Hall–Kier alpha value is -4.77. The summed E-state index contributed by atoms with van der Waals surface area (Å²) < 4.78 is 1.23. The van der Waals surface area contributed by atoms with Gasteiger partial charge in [0, 0.05) is 30.9 Å².